The van der Waals surface area contributed by atoms with Gasteiger partial charge in [-0.1, -0.05) is 30.3 Å². The van der Waals surface area contributed by atoms with Crippen LogP contribution >= 0.6 is 0 Å². The maximum Gasteiger partial charge on any atom is 0.243 e. The van der Waals surface area contributed by atoms with Gasteiger partial charge in [0.25, 0.3) is 0 Å². The summed E-state index contributed by atoms with van der Waals surface area (Å²) in [7, 11) is 3.49. The first kappa shape index (κ1) is 20.2. The number of likely N-dealkylation sites (N-methyl/N-ethyl adjacent to an activating group) is 1. The van der Waals surface area contributed by atoms with Gasteiger partial charge in [-0.05, 0) is 38.2 Å². The molecule has 0 aliphatic carbocycles. The number of benzene rings is 1. The van der Waals surface area contributed by atoms with Crippen LogP contribution in [0.25, 0.3) is 0 Å². The van der Waals surface area contributed by atoms with Crippen LogP contribution in [-0.4, -0.2) is 62.7 Å². The summed E-state index contributed by atoms with van der Waals surface area (Å²) >= 11 is 0. The molecule has 1 aromatic rings. The lowest BCUT2D eigenvalue weighted by Gasteiger charge is -2.20. The molecular weight excluding hydrogens is 328 g/mol. The highest BCUT2D eigenvalue weighted by molar-refractivity contribution is 5.84. The van der Waals surface area contributed by atoms with Crippen LogP contribution in [0.3, 0.4) is 0 Å². The molecule has 0 bridgehead atoms. The zero-order valence-electron chi connectivity index (χ0n) is 16.2. The van der Waals surface area contributed by atoms with Crippen LogP contribution in [0, 0.1) is 0 Å². The van der Waals surface area contributed by atoms with Crippen molar-refractivity contribution >= 4 is 11.9 Å². The minimum Gasteiger partial charge on any atom is -0.376 e. The molecule has 26 heavy (non-hydrogen) atoms. The predicted molar refractivity (Wildman–Crippen MR) is 105 cm³/mol. The van der Waals surface area contributed by atoms with Crippen LogP contribution in [-0.2, 0) is 16.0 Å². The summed E-state index contributed by atoms with van der Waals surface area (Å²) in [6.07, 6.45) is 4.40. The summed E-state index contributed by atoms with van der Waals surface area (Å²) in [5, 5.41) is 6.75. The Bertz CT molecular complexity index is 568. The van der Waals surface area contributed by atoms with Crippen molar-refractivity contribution in [3.05, 3.63) is 35.9 Å². The number of nitrogens with one attached hydrogen (secondary N) is 2. The minimum atomic E-state index is -0.0137. The molecule has 1 aliphatic rings. The van der Waals surface area contributed by atoms with Crippen molar-refractivity contribution < 1.29 is 9.53 Å². The van der Waals surface area contributed by atoms with Crippen molar-refractivity contribution in [1.82, 2.24) is 15.5 Å². The quantitative estimate of drug-likeness (QED) is 0.548. The number of amides is 1. The number of ether oxygens (including phenoxy) is 1. The summed E-state index contributed by atoms with van der Waals surface area (Å²) in [4.78, 5) is 17.8. The zero-order valence-corrected chi connectivity index (χ0v) is 16.2. The number of hydrogen-bond donors (Lipinski definition) is 2. The van der Waals surface area contributed by atoms with Crippen LogP contribution in [0.15, 0.2) is 35.3 Å². The number of aryl methyl sites for hydroxylation is 1. The van der Waals surface area contributed by atoms with Crippen molar-refractivity contribution in [3.8, 4) is 0 Å². The Kier molecular flexibility index (Phi) is 8.41. The molecule has 6 heteroatoms. The van der Waals surface area contributed by atoms with Gasteiger partial charge in [-0.3, -0.25) is 4.79 Å². The number of nitrogens with zero attached hydrogens (tertiary/aromatic N) is 2. The highest BCUT2D eigenvalue weighted by atomic mass is 16.5. The third-order valence-electron chi connectivity index (χ3n) is 4.48. The minimum absolute atomic E-state index is 0.0137. The summed E-state index contributed by atoms with van der Waals surface area (Å²) in [5.74, 6) is 0.663. The standard InChI is InChI=1S/C20H32N4O2/c1-16(11-12-17-8-5-4-6-9-17)23-20(22-15-19(25)24(2)3)21-14-18-10-7-13-26-18/h4-6,8-9,16,18H,7,10-15H2,1-3H3,(H2,21,22,23). The molecule has 6 nitrogen and oxygen atoms in total. The molecule has 1 heterocycles. The molecule has 1 aromatic carbocycles. The largest absolute Gasteiger partial charge is 0.376 e. The number of aliphatic imine (C=N–C) groups is 1. The van der Waals surface area contributed by atoms with Gasteiger partial charge in [-0.2, -0.15) is 0 Å². The number of carbonyl (C=O) groups excluding carboxylic acids is 1. The monoisotopic (exact) mass is 360 g/mol. The Labute approximate surface area is 157 Å². The van der Waals surface area contributed by atoms with Crippen molar-refractivity contribution in [2.24, 2.45) is 4.99 Å². The molecule has 2 unspecified atom stereocenters. The lowest BCUT2D eigenvalue weighted by molar-refractivity contribution is -0.127. The third kappa shape index (κ3) is 7.44. The normalized spacial score (nSPS) is 18.4. The molecule has 1 aliphatic heterocycles. The lowest BCUT2D eigenvalue weighted by Crippen LogP contribution is -2.45. The molecule has 144 valence electrons. The van der Waals surface area contributed by atoms with E-state index in [1.807, 2.05) is 6.07 Å². The number of rotatable bonds is 8. The fraction of sp³-hybridized carbons (Fsp3) is 0.600. The molecule has 0 spiro atoms. The van der Waals surface area contributed by atoms with Gasteiger partial charge in [-0.25, -0.2) is 4.99 Å². The van der Waals surface area contributed by atoms with Crippen LogP contribution in [0.2, 0.25) is 0 Å². The molecular formula is C20H32N4O2. The zero-order chi connectivity index (χ0) is 18.8. The van der Waals surface area contributed by atoms with Crippen molar-refractivity contribution in [2.45, 2.75) is 44.8 Å². The van der Waals surface area contributed by atoms with E-state index in [9.17, 15) is 4.79 Å². The second kappa shape index (κ2) is 10.8. The highest BCUT2D eigenvalue weighted by Crippen LogP contribution is 2.10. The Hall–Kier alpha value is -2.08. The highest BCUT2D eigenvalue weighted by Gasteiger charge is 2.16. The number of carbonyl (C=O) groups is 1. The van der Waals surface area contributed by atoms with Gasteiger partial charge in [0, 0.05) is 33.3 Å². The molecule has 2 atom stereocenters. The van der Waals surface area contributed by atoms with Gasteiger partial charge in [-0.15, -0.1) is 0 Å². The van der Waals surface area contributed by atoms with E-state index >= 15 is 0 Å². The van der Waals surface area contributed by atoms with Gasteiger partial charge in [0.05, 0.1) is 6.10 Å². The molecule has 2 rings (SSSR count). The number of hydrogen-bond acceptors (Lipinski definition) is 3. The first-order valence-electron chi connectivity index (χ1n) is 9.45. The second-order valence-electron chi connectivity index (χ2n) is 7.04. The summed E-state index contributed by atoms with van der Waals surface area (Å²) in [5.41, 5.74) is 1.33. The van der Waals surface area contributed by atoms with E-state index in [0.29, 0.717) is 12.5 Å². The maximum atomic E-state index is 11.8. The van der Waals surface area contributed by atoms with Crippen LogP contribution in [0.4, 0.5) is 0 Å². The fourth-order valence-corrected chi connectivity index (χ4v) is 2.79. The van der Waals surface area contributed by atoms with Crippen LogP contribution in [0.1, 0.15) is 31.7 Å². The first-order chi connectivity index (χ1) is 12.5. The van der Waals surface area contributed by atoms with E-state index in [1.165, 1.54) is 5.56 Å². The molecule has 0 saturated carbocycles. The lowest BCUT2D eigenvalue weighted by atomic mass is 10.1. The molecule has 2 N–H and O–H groups in total. The SMILES string of the molecule is CC(CCc1ccccc1)NC(=NCC(=O)N(C)C)NCC1CCCO1. The Morgan fingerprint density at radius 1 is 1.35 bits per heavy atom. The van der Waals surface area contributed by atoms with E-state index in [2.05, 4.69) is 46.8 Å². The van der Waals surface area contributed by atoms with E-state index in [1.54, 1.807) is 19.0 Å². The average molecular weight is 361 g/mol. The van der Waals surface area contributed by atoms with Crippen molar-refractivity contribution in [1.29, 1.82) is 0 Å². The maximum absolute atomic E-state index is 11.8. The van der Waals surface area contributed by atoms with E-state index < -0.39 is 0 Å². The molecule has 0 aromatic heterocycles. The van der Waals surface area contributed by atoms with Crippen LogP contribution in [0.5, 0.6) is 0 Å². The first-order valence-corrected chi connectivity index (χ1v) is 9.45. The van der Waals surface area contributed by atoms with Gasteiger partial charge in [0.1, 0.15) is 6.54 Å². The van der Waals surface area contributed by atoms with Gasteiger partial charge in [0.15, 0.2) is 5.96 Å². The topological polar surface area (TPSA) is 66.0 Å². The smallest absolute Gasteiger partial charge is 0.243 e. The van der Waals surface area contributed by atoms with E-state index in [4.69, 9.17) is 4.74 Å². The summed E-state index contributed by atoms with van der Waals surface area (Å²) < 4.78 is 5.66. The van der Waals surface area contributed by atoms with Crippen molar-refractivity contribution in [2.75, 3.05) is 33.8 Å². The van der Waals surface area contributed by atoms with Crippen LogP contribution < -0.4 is 10.6 Å². The molecule has 1 saturated heterocycles. The third-order valence-corrected chi connectivity index (χ3v) is 4.48. The molecule has 1 amide bonds. The van der Waals surface area contributed by atoms with Crippen molar-refractivity contribution in [3.63, 3.8) is 0 Å². The number of guanidine groups is 1. The van der Waals surface area contributed by atoms with Gasteiger partial charge >= 0.3 is 0 Å². The second-order valence-corrected chi connectivity index (χ2v) is 7.04. The molecule has 1 fully saturated rings. The predicted octanol–water partition coefficient (Wildman–Crippen LogP) is 1.81. The van der Waals surface area contributed by atoms with Gasteiger partial charge in [0.2, 0.25) is 5.91 Å². The summed E-state index contributed by atoms with van der Waals surface area (Å²) in [6.45, 7) is 3.82. The van der Waals surface area contributed by atoms with E-state index in [-0.39, 0.29) is 24.6 Å². The fourth-order valence-electron chi connectivity index (χ4n) is 2.79. The molecule has 0 radical (unpaired) electrons. The Morgan fingerprint density at radius 2 is 2.12 bits per heavy atom. The Balaban J connectivity index is 1.86. The Morgan fingerprint density at radius 3 is 2.77 bits per heavy atom. The van der Waals surface area contributed by atoms with Gasteiger partial charge < -0.3 is 20.3 Å². The summed E-state index contributed by atoms with van der Waals surface area (Å²) in [6, 6.07) is 10.7. The average Bonchev–Trinajstić information content (AvgIpc) is 3.16. The van der Waals surface area contributed by atoms with E-state index in [0.717, 1.165) is 32.3 Å².